The van der Waals surface area contributed by atoms with Crippen LogP contribution in [0.5, 0.6) is 0 Å². The van der Waals surface area contributed by atoms with E-state index < -0.39 is 11.6 Å². The van der Waals surface area contributed by atoms with Gasteiger partial charge in [0.1, 0.15) is 18.5 Å². The molecule has 1 aliphatic rings. The summed E-state index contributed by atoms with van der Waals surface area (Å²) < 4.78 is 13.5. The van der Waals surface area contributed by atoms with Crippen molar-refractivity contribution in [2.24, 2.45) is 5.73 Å². The zero-order chi connectivity index (χ0) is 25.5. The Bertz CT molecular complexity index is 1170. The van der Waals surface area contributed by atoms with E-state index in [0.717, 1.165) is 49.1 Å². The van der Waals surface area contributed by atoms with Crippen molar-refractivity contribution >= 4 is 17.5 Å². The first-order chi connectivity index (χ1) is 17.3. The first-order valence-corrected chi connectivity index (χ1v) is 12.4. The zero-order valence-corrected chi connectivity index (χ0v) is 21.0. The number of carbonyl (C=O) groups is 2. The van der Waals surface area contributed by atoms with Crippen LogP contribution in [-0.2, 0) is 27.5 Å². The average molecular weight is 494 g/mol. The molecule has 192 valence electrons. The molecule has 3 N–H and O–H groups in total. The van der Waals surface area contributed by atoms with Crippen LogP contribution < -0.4 is 11.1 Å². The molecule has 0 spiro atoms. The highest BCUT2D eigenvalue weighted by atomic mass is 16.6. The van der Waals surface area contributed by atoms with Gasteiger partial charge in [-0.15, -0.1) is 0 Å². The van der Waals surface area contributed by atoms with Crippen LogP contribution in [0, 0.1) is 0 Å². The number of nitrogens with one attached hydrogen (secondary N) is 1. The number of likely N-dealkylation sites (tertiary alicyclic amines) is 1. The van der Waals surface area contributed by atoms with Crippen LogP contribution in [0.2, 0.25) is 0 Å². The van der Waals surface area contributed by atoms with E-state index >= 15 is 0 Å². The molecule has 2 amide bonds. The Labute approximate surface area is 211 Å². The lowest BCUT2D eigenvalue weighted by Crippen LogP contribution is -2.51. The summed E-state index contributed by atoms with van der Waals surface area (Å²) in [5.41, 5.74) is 7.58. The van der Waals surface area contributed by atoms with Gasteiger partial charge in [0, 0.05) is 13.1 Å². The number of aromatic nitrogens is 2. The molecule has 0 unspecified atom stereocenters. The van der Waals surface area contributed by atoms with Crippen LogP contribution >= 0.6 is 0 Å². The molecule has 4 rings (SSSR count). The van der Waals surface area contributed by atoms with E-state index in [-0.39, 0.29) is 25.2 Å². The molecule has 1 aliphatic heterocycles. The van der Waals surface area contributed by atoms with Crippen molar-refractivity contribution in [2.75, 3.05) is 19.7 Å². The van der Waals surface area contributed by atoms with Crippen LogP contribution in [0.1, 0.15) is 56.2 Å². The maximum absolute atomic E-state index is 12.8. The number of nitrogens with zero attached hydrogens (tertiary/aromatic N) is 3. The molecule has 2 aromatic heterocycles. The first kappa shape index (κ1) is 25.7. The molecule has 9 nitrogen and oxygen atoms in total. The molecule has 0 aliphatic carbocycles. The average Bonchev–Trinajstić information content (AvgIpc) is 3.32. The van der Waals surface area contributed by atoms with E-state index in [1.807, 2.05) is 52.9 Å². The third-order valence-corrected chi connectivity index (χ3v) is 6.22. The van der Waals surface area contributed by atoms with Gasteiger partial charge in [-0.1, -0.05) is 36.4 Å². The highest BCUT2D eigenvalue weighted by molar-refractivity contribution is 5.85. The number of amides is 2. The summed E-state index contributed by atoms with van der Waals surface area (Å²) in [6.45, 7) is 5.42. The smallest absolute Gasteiger partial charge is 0.410 e. The molecule has 0 bridgehead atoms. The molecule has 1 atom stereocenters. The minimum absolute atomic E-state index is 0.0873. The summed E-state index contributed by atoms with van der Waals surface area (Å²) in [5, 5.41) is 2.99. The Morgan fingerprint density at radius 2 is 1.81 bits per heavy atom. The van der Waals surface area contributed by atoms with Crippen LogP contribution in [0.4, 0.5) is 4.79 Å². The number of rotatable bonds is 9. The topological polar surface area (TPSA) is 111 Å². The fourth-order valence-electron chi connectivity index (χ4n) is 4.20. The van der Waals surface area contributed by atoms with E-state index in [9.17, 15) is 9.59 Å². The largest absolute Gasteiger partial charge is 0.443 e. The van der Waals surface area contributed by atoms with Crippen LogP contribution in [0.15, 0.2) is 54.7 Å². The van der Waals surface area contributed by atoms with E-state index in [1.165, 1.54) is 0 Å². The molecule has 3 heterocycles. The number of pyridine rings is 1. The molecule has 1 saturated heterocycles. The van der Waals surface area contributed by atoms with Crippen LogP contribution in [0.3, 0.4) is 0 Å². The lowest BCUT2D eigenvalue weighted by Gasteiger charge is -2.26. The predicted octanol–water partition coefficient (Wildman–Crippen LogP) is 3.57. The van der Waals surface area contributed by atoms with Gasteiger partial charge >= 0.3 is 6.09 Å². The molecule has 0 saturated carbocycles. The molecule has 3 aromatic rings. The van der Waals surface area contributed by atoms with Gasteiger partial charge in [-0.05, 0) is 50.8 Å². The lowest BCUT2D eigenvalue weighted by molar-refractivity contribution is -0.126. The second kappa shape index (κ2) is 11.5. The quantitative estimate of drug-likeness (QED) is 0.471. The number of hydrogen-bond donors (Lipinski definition) is 2. The van der Waals surface area contributed by atoms with Gasteiger partial charge in [0.05, 0.1) is 36.2 Å². The Morgan fingerprint density at radius 1 is 1.06 bits per heavy atom. The second-order valence-electron chi connectivity index (χ2n) is 9.74. The number of carbonyl (C=O) groups excluding carboxylic acids is 2. The van der Waals surface area contributed by atoms with Gasteiger partial charge in [0.25, 0.3) is 0 Å². The van der Waals surface area contributed by atoms with Gasteiger partial charge < -0.3 is 25.4 Å². The molecule has 9 heteroatoms. The van der Waals surface area contributed by atoms with Crippen molar-refractivity contribution in [1.82, 2.24) is 19.6 Å². The number of hydrogen-bond acceptors (Lipinski definition) is 6. The molecular weight excluding hydrogens is 458 g/mol. The van der Waals surface area contributed by atoms with Crippen molar-refractivity contribution in [3.8, 4) is 0 Å². The highest BCUT2D eigenvalue weighted by Gasteiger charge is 2.28. The Morgan fingerprint density at radius 3 is 2.53 bits per heavy atom. The Kier molecular flexibility index (Phi) is 8.22. The monoisotopic (exact) mass is 493 g/mol. The van der Waals surface area contributed by atoms with Gasteiger partial charge in [-0.25, -0.2) is 9.78 Å². The normalized spacial score (nSPS) is 15.0. The standard InChI is InChI=1S/C27H35N5O4/c1-27(2,28)25(33)30-23(19-35-17-20-10-5-3-6-11-20)24-29-16-21-12-9-13-22(32(21)24)18-36-26(34)31-14-7-4-8-15-31/h3,5-6,9-13,16,23H,4,7-8,14-15,17-19,28H2,1-2H3,(H,30,33)/t23-/m1/s1. The lowest BCUT2D eigenvalue weighted by atomic mass is 10.1. The number of imidazole rings is 1. The van der Waals surface area contributed by atoms with Crippen molar-refractivity contribution in [1.29, 1.82) is 0 Å². The number of piperidine rings is 1. The van der Waals surface area contributed by atoms with Crippen molar-refractivity contribution in [2.45, 2.75) is 57.9 Å². The molecular formula is C27H35N5O4. The van der Waals surface area contributed by atoms with E-state index in [1.54, 1.807) is 24.9 Å². The third kappa shape index (κ3) is 6.41. The minimum Gasteiger partial charge on any atom is -0.443 e. The molecule has 1 aromatic carbocycles. The summed E-state index contributed by atoms with van der Waals surface area (Å²) in [6.07, 6.45) is 4.56. The van der Waals surface area contributed by atoms with Gasteiger partial charge in [-0.3, -0.25) is 9.20 Å². The minimum atomic E-state index is -1.07. The molecule has 1 fully saturated rings. The first-order valence-electron chi connectivity index (χ1n) is 12.4. The van der Waals surface area contributed by atoms with Gasteiger partial charge in [0.2, 0.25) is 5.91 Å². The SMILES string of the molecule is CC(C)(N)C(=O)N[C@H](COCc1ccccc1)c1ncc2cccc(COC(=O)N3CCCCC3)n12. The number of fused-ring (bicyclic) bond motifs is 1. The van der Waals surface area contributed by atoms with E-state index in [2.05, 4.69) is 10.3 Å². The zero-order valence-electron chi connectivity index (χ0n) is 21.0. The summed E-state index contributed by atoms with van der Waals surface area (Å²) in [7, 11) is 0. The Hall–Kier alpha value is -3.43. The molecule has 36 heavy (non-hydrogen) atoms. The van der Waals surface area contributed by atoms with Crippen molar-refractivity contribution in [3.63, 3.8) is 0 Å². The Balaban J connectivity index is 1.55. The van der Waals surface area contributed by atoms with E-state index in [4.69, 9.17) is 15.2 Å². The van der Waals surface area contributed by atoms with Crippen LogP contribution in [0.25, 0.3) is 5.52 Å². The number of nitrogens with two attached hydrogens (primary N) is 1. The van der Waals surface area contributed by atoms with Crippen LogP contribution in [-0.4, -0.2) is 51.5 Å². The maximum Gasteiger partial charge on any atom is 0.410 e. The van der Waals surface area contributed by atoms with Gasteiger partial charge in [-0.2, -0.15) is 0 Å². The fraction of sp³-hybridized carbons (Fsp3) is 0.444. The summed E-state index contributed by atoms with van der Waals surface area (Å²) in [5.74, 6) is 0.266. The predicted molar refractivity (Wildman–Crippen MR) is 136 cm³/mol. The summed E-state index contributed by atoms with van der Waals surface area (Å²) in [4.78, 5) is 31.8. The van der Waals surface area contributed by atoms with Crippen molar-refractivity contribution in [3.05, 3.63) is 71.8 Å². The molecule has 0 radical (unpaired) electrons. The maximum atomic E-state index is 12.8. The van der Waals surface area contributed by atoms with Gasteiger partial charge in [0.15, 0.2) is 0 Å². The second-order valence-corrected chi connectivity index (χ2v) is 9.74. The fourth-order valence-corrected chi connectivity index (χ4v) is 4.20. The highest BCUT2D eigenvalue weighted by Crippen LogP contribution is 2.20. The third-order valence-electron chi connectivity index (χ3n) is 6.22. The van der Waals surface area contributed by atoms with Crippen molar-refractivity contribution < 1.29 is 19.1 Å². The van der Waals surface area contributed by atoms with E-state index in [0.29, 0.717) is 12.4 Å². The summed E-state index contributed by atoms with van der Waals surface area (Å²) >= 11 is 0. The number of benzene rings is 1. The number of ether oxygens (including phenoxy) is 2. The summed E-state index contributed by atoms with van der Waals surface area (Å²) in [6, 6.07) is 15.0.